The lowest BCUT2D eigenvalue weighted by Crippen LogP contribution is -2.33. The smallest absolute Gasteiger partial charge is 0.266 e. The van der Waals surface area contributed by atoms with Crippen LogP contribution in [0.25, 0.3) is 0 Å². The van der Waals surface area contributed by atoms with E-state index in [0.29, 0.717) is 11.7 Å². The van der Waals surface area contributed by atoms with Gasteiger partial charge in [-0.2, -0.15) is 0 Å². The Hall–Kier alpha value is -2.71. The summed E-state index contributed by atoms with van der Waals surface area (Å²) in [6, 6.07) is 14.5. The van der Waals surface area contributed by atoms with Crippen molar-refractivity contribution in [2.45, 2.75) is 57.9 Å². The molecular formula is C25H29N3O3S2. The number of aryl methyl sites for hydroxylation is 3. The quantitative estimate of drug-likeness (QED) is 0.451. The molecule has 1 fully saturated rings. The molecule has 0 spiro atoms. The number of thiazole rings is 1. The first-order valence-electron chi connectivity index (χ1n) is 11.1. The lowest BCUT2D eigenvalue weighted by molar-refractivity contribution is -0.117. The molecule has 1 aromatic heterocycles. The Morgan fingerprint density at radius 3 is 2.18 bits per heavy atom. The first kappa shape index (κ1) is 23.4. The van der Waals surface area contributed by atoms with E-state index in [1.165, 1.54) is 15.6 Å². The molecule has 0 unspecified atom stereocenters. The topological polar surface area (TPSA) is 70.6 Å². The molecule has 4 rings (SSSR count). The molecule has 1 saturated carbocycles. The molecule has 0 saturated heterocycles. The second-order valence-electron chi connectivity index (χ2n) is 8.46. The van der Waals surface area contributed by atoms with Gasteiger partial charge in [0.05, 0.1) is 17.0 Å². The second-order valence-corrected chi connectivity index (χ2v) is 11.5. The average molecular weight is 484 g/mol. The van der Waals surface area contributed by atoms with Gasteiger partial charge in [0.1, 0.15) is 0 Å². The van der Waals surface area contributed by atoms with Crippen molar-refractivity contribution in [3.63, 3.8) is 0 Å². The van der Waals surface area contributed by atoms with Gasteiger partial charge in [-0.1, -0.05) is 29.8 Å². The zero-order valence-electron chi connectivity index (χ0n) is 19.4. The Morgan fingerprint density at radius 1 is 1.03 bits per heavy atom. The van der Waals surface area contributed by atoms with E-state index in [9.17, 15) is 13.2 Å². The van der Waals surface area contributed by atoms with Crippen LogP contribution in [0.15, 0.2) is 53.4 Å². The second kappa shape index (κ2) is 9.27. The van der Waals surface area contributed by atoms with E-state index in [-0.39, 0.29) is 23.3 Å². The Morgan fingerprint density at radius 2 is 1.67 bits per heavy atom. The number of nitrogens with zero attached hydrogens (tertiary/aromatic N) is 3. The predicted molar refractivity (Wildman–Crippen MR) is 134 cm³/mol. The number of sulfonamides is 1. The maximum absolute atomic E-state index is 13.5. The molecule has 1 aliphatic rings. The van der Waals surface area contributed by atoms with Crippen molar-refractivity contribution < 1.29 is 13.2 Å². The Balaban J connectivity index is 1.53. The largest absolute Gasteiger partial charge is 0.312 e. The summed E-state index contributed by atoms with van der Waals surface area (Å²) in [5.41, 5.74) is 3.64. The minimum atomic E-state index is -3.72. The van der Waals surface area contributed by atoms with Crippen molar-refractivity contribution in [3.8, 4) is 0 Å². The SMILES string of the molecule is CCN(C(=O)Cc1ccc(S(=O)(=O)N(c2nc(C)c(C)s2)C2CC2)cc1)c1ccc(C)cc1. The van der Waals surface area contributed by atoms with Crippen molar-refractivity contribution in [1.29, 1.82) is 0 Å². The van der Waals surface area contributed by atoms with Gasteiger partial charge in [0.25, 0.3) is 10.0 Å². The molecule has 0 aliphatic heterocycles. The summed E-state index contributed by atoms with van der Waals surface area (Å²) in [6.07, 6.45) is 1.89. The van der Waals surface area contributed by atoms with E-state index >= 15 is 0 Å². The van der Waals surface area contributed by atoms with Crippen LogP contribution in [0, 0.1) is 20.8 Å². The molecule has 33 heavy (non-hydrogen) atoms. The van der Waals surface area contributed by atoms with Crippen LogP contribution in [0.2, 0.25) is 0 Å². The van der Waals surface area contributed by atoms with Gasteiger partial charge in [0.2, 0.25) is 5.91 Å². The minimum Gasteiger partial charge on any atom is -0.312 e. The van der Waals surface area contributed by atoms with Crippen molar-refractivity contribution in [2.24, 2.45) is 0 Å². The number of aromatic nitrogens is 1. The Bertz CT molecular complexity index is 1230. The summed E-state index contributed by atoms with van der Waals surface area (Å²) in [5, 5.41) is 0.531. The zero-order chi connectivity index (χ0) is 23.8. The number of carbonyl (C=O) groups excluding carboxylic acids is 1. The van der Waals surface area contributed by atoms with Crippen LogP contribution < -0.4 is 9.21 Å². The third-order valence-electron chi connectivity index (χ3n) is 5.88. The number of likely N-dealkylation sites (N-methyl/N-ethyl adjacent to an activating group) is 1. The van der Waals surface area contributed by atoms with E-state index in [4.69, 9.17) is 0 Å². The summed E-state index contributed by atoms with van der Waals surface area (Å²) in [6.45, 7) is 8.38. The lowest BCUT2D eigenvalue weighted by atomic mass is 10.1. The highest BCUT2D eigenvalue weighted by molar-refractivity contribution is 7.93. The standard InChI is InChI=1S/C25H29N3O3S2/c1-5-27(21-10-6-17(2)7-11-21)24(29)16-20-8-14-23(15-9-20)33(30,31)28(22-12-13-22)25-26-18(3)19(4)32-25/h6-11,14-15,22H,5,12-13,16H2,1-4H3. The number of benzene rings is 2. The van der Waals surface area contributed by atoms with Crippen molar-refractivity contribution in [1.82, 2.24) is 4.98 Å². The zero-order valence-corrected chi connectivity index (χ0v) is 21.0. The maximum Gasteiger partial charge on any atom is 0.266 e. The monoisotopic (exact) mass is 483 g/mol. The molecule has 3 aromatic rings. The summed E-state index contributed by atoms with van der Waals surface area (Å²) < 4.78 is 28.4. The fourth-order valence-electron chi connectivity index (χ4n) is 3.70. The molecular weight excluding hydrogens is 454 g/mol. The van der Waals surface area contributed by atoms with Gasteiger partial charge < -0.3 is 4.90 Å². The number of anilines is 2. The van der Waals surface area contributed by atoms with Gasteiger partial charge in [-0.3, -0.25) is 4.79 Å². The van der Waals surface area contributed by atoms with Crippen molar-refractivity contribution in [2.75, 3.05) is 15.7 Å². The van der Waals surface area contributed by atoms with Gasteiger partial charge >= 0.3 is 0 Å². The van der Waals surface area contributed by atoms with E-state index < -0.39 is 10.0 Å². The molecule has 1 amide bonds. The van der Waals surface area contributed by atoms with Crippen molar-refractivity contribution >= 4 is 38.1 Å². The number of carbonyl (C=O) groups is 1. The first-order chi connectivity index (χ1) is 15.7. The van der Waals surface area contributed by atoms with E-state index in [1.54, 1.807) is 29.2 Å². The third kappa shape index (κ3) is 4.96. The maximum atomic E-state index is 13.5. The molecule has 2 aromatic carbocycles. The molecule has 1 heterocycles. The molecule has 0 radical (unpaired) electrons. The average Bonchev–Trinajstić information content (AvgIpc) is 3.54. The summed E-state index contributed by atoms with van der Waals surface area (Å²) in [4.78, 5) is 20.4. The van der Waals surface area contributed by atoms with Crippen LogP contribution in [0.5, 0.6) is 0 Å². The van der Waals surface area contributed by atoms with Crippen LogP contribution >= 0.6 is 11.3 Å². The van der Waals surface area contributed by atoms with Crippen LogP contribution in [-0.2, 0) is 21.2 Å². The fraction of sp³-hybridized carbons (Fsp3) is 0.360. The highest BCUT2D eigenvalue weighted by Gasteiger charge is 2.40. The highest BCUT2D eigenvalue weighted by Crippen LogP contribution is 2.39. The van der Waals surface area contributed by atoms with E-state index in [0.717, 1.165) is 40.2 Å². The highest BCUT2D eigenvalue weighted by atomic mass is 32.2. The molecule has 6 nitrogen and oxygen atoms in total. The van der Waals surface area contributed by atoms with Gasteiger partial charge in [-0.05, 0) is 70.4 Å². The Labute approximate surface area is 199 Å². The third-order valence-corrected chi connectivity index (χ3v) is 8.93. The molecule has 1 aliphatic carbocycles. The normalized spacial score (nSPS) is 13.7. The van der Waals surface area contributed by atoms with Gasteiger partial charge in [0.15, 0.2) is 5.13 Å². The van der Waals surface area contributed by atoms with Gasteiger partial charge in [-0.25, -0.2) is 17.7 Å². The Kier molecular flexibility index (Phi) is 6.59. The predicted octanol–water partition coefficient (Wildman–Crippen LogP) is 5.02. The van der Waals surface area contributed by atoms with Crippen molar-refractivity contribution in [3.05, 3.63) is 70.2 Å². The minimum absolute atomic E-state index is 0.0229. The number of hydrogen-bond acceptors (Lipinski definition) is 5. The fourth-order valence-corrected chi connectivity index (χ4v) is 6.56. The van der Waals surface area contributed by atoms with E-state index in [2.05, 4.69) is 4.98 Å². The number of rotatable bonds is 8. The summed E-state index contributed by atoms with van der Waals surface area (Å²) in [7, 11) is -3.72. The van der Waals surface area contributed by atoms with E-state index in [1.807, 2.05) is 52.0 Å². The summed E-state index contributed by atoms with van der Waals surface area (Å²) in [5.74, 6) is -0.0229. The van der Waals surface area contributed by atoms with Crippen LogP contribution in [0.4, 0.5) is 10.8 Å². The number of hydrogen-bond donors (Lipinski definition) is 0. The van der Waals surface area contributed by atoms with Crippen LogP contribution in [-0.4, -0.2) is 31.9 Å². The van der Waals surface area contributed by atoms with Gasteiger partial charge in [0, 0.05) is 23.2 Å². The molecule has 174 valence electrons. The molecule has 0 bridgehead atoms. The molecule has 0 N–H and O–H groups in total. The molecule has 8 heteroatoms. The number of amides is 1. The summed E-state index contributed by atoms with van der Waals surface area (Å²) >= 11 is 1.41. The van der Waals surface area contributed by atoms with Gasteiger partial charge in [-0.15, -0.1) is 11.3 Å². The van der Waals surface area contributed by atoms with Crippen LogP contribution in [0.1, 0.15) is 41.5 Å². The first-order valence-corrected chi connectivity index (χ1v) is 13.4. The van der Waals surface area contributed by atoms with Crippen LogP contribution in [0.3, 0.4) is 0 Å². The lowest BCUT2D eigenvalue weighted by Gasteiger charge is -2.22. The molecule has 0 atom stereocenters.